The van der Waals surface area contributed by atoms with Crippen LogP contribution in [0, 0.1) is 0 Å². The molecule has 5 nitrogen and oxygen atoms in total. The van der Waals surface area contributed by atoms with Gasteiger partial charge in [-0.25, -0.2) is 0 Å². The van der Waals surface area contributed by atoms with Crippen molar-refractivity contribution in [3.8, 4) is 5.75 Å². The molecule has 0 bridgehead atoms. The quantitative estimate of drug-likeness (QED) is 0.759. The van der Waals surface area contributed by atoms with Gasteiger partial charge in [0.05, 0.1) is 12.3 Å². The monoisotopic (exact) mass is 290 g/mol. The van der Waals surface area contributed by atoms with E-state index in [9.17, 15) is 5.11 Å². The Labute approximate surface area is 125 Å². The minimum atomic E-state index is -0.752. The Hall–Kier alpha value is -1.85. The zero-order valence-electron chi connectivity index (χ0n) is 12.5. The van der Waals surface area contributed by atoms with E-state index >= 15 is 0 Å². The summed E-state index contributed by atoms with van der Waals surface area (Å²) in [6.07, 6.45) is 1.92. The molecular weight excluding hydrogens is 268 g/mol. The van der Waals surface area contributed by atoms with Crippen LogP contribution in [0.25, 0.3) is 0 Å². The number of aliphatic hydroxyl groups is 1. The highest BCUT2D eigenvalue weighted by Crippen LogP contribution is 2.29. The predicted octanol–water partition coefficient (Wildman–Crippen LogP) is 2.40. The number of aryl methyl sites for hydroxylation is 1. The molecule has 21 heavy (non-hydrogen) atoms. The average Bonchev–Trinajstić information content (AvgIpc) is 2.96. The number of hydrogen-bond donors (Lipinski definition) is 1. The molecule has 0 saturated carbocycles. The Morgan fingerprint density at radius 3 is 2.81 bits per heavy atom. The number of methoxy groups -OCH3 is 1. The van der Waals surface area contributed by atoms with Crippen molar-refractivity contribution in [1.82, 2.24) is 9.78 Å². The van der Waals surface area contributed by atoms with Crippen LogP contribution in [-0.4, -0.2) is 35.2 Å². The van der Waals surface area contributed by atoms with Gasteiger partial charge in [0.25, 0.3) is 0 Å². The van der Waals surface area contributed by atoms with E-state index in [1.54, 1.807) is 13.3 Å². The van der Waals surface area contributed by atoms with Crippen molar-refractivity contribution in [3.05, 3.63) is 47.8 Å². The molecule has 2 rings (SSSR count). The molecule has 1 aromatic heterocycles. The van der Waals surface area contributed by atoms with Crippen molar-refractivity contribution < 1.29 is 14.6 Å². The molecule has 0 fully saturated rings. The second-order valence-corrected chi connectivity index (χ2v) is 4.76. The lowest BCUT2D eigenvalue weighted by atomic mass is 10.1. The maximum Gasteiger partial charge on any atom is 0.125 e. The number of nitrogens with zero attached hydrogens (tertiary/aromatic N) is 2. The zero-order valence-corrected chi connectivity index (χ0v) is 12.5. The Balaban J connectivity index is 2.21. The van der Waals surface area contributed by atoms with Gasteiger partial charge in [-0.1, -0.05) is 25.1 Å². The summed E-state index contributed by atoms with van der Waals surface area (Å²) in [5.74, 6) is 0.672. The fourth-order valence-electron chi connectivity index (χ4n) is 2.21. The van der Waals surface area contributed by atoms with Crippen LogP contribution >= 0.6 is 0 Å². The number of aromatic nitrogens is 2. The van der Waals surface area contributed by atoms with Crippen LogP contribution in [0.5, 0.6) is 5.75 Å². The normalized spacial score (nSPS) is 12.3. The first kappa shape index (κ1) is 15.5. The number of hydrogen-bond acceptors (Lipinski definition) is 4. The molecule has 0 spiro atoms. The molecule has 1 unspecified atom stereocenters. The summed E-state index contributed by atoms with van der Waals surface area (Å²) >= 11 is 0. The first-order valence-electron chi connectivity index (χ1n) is 7.18. The molecule has 0 aliphatic heterocycles. The molecule has 0 aliphatic carbocycles. The third-order valence-corrected chi connectivity index (χ3v) is 3.22. The van der Waals surface area contributed by atoms with Crippen LogP contribution in [0.15, 0.2) is 36.5 Å². The highest BCUT2D eigenvalue weighted by molar-refractivity contribution is 5.38. The summed E-state index contributed by atoms with van der Waals surface area (Å²) in [5, 5.41) is 14.9. The number of ether oxygens (including phenoxy) is 2. The van der Waals surface area contributed by atoms with E-state index < -0.39 is 6.10 Å². The fourth-order valence-corrected chi connectivity index (χ4v) is 2.21. The van der Waals surface area contributed by atoms with Crippen molar-refractivity contribution in [2.24, 2.45) is 0 Å². The molecule has 5 heteroatoms. The summed E-state index contributed by atoms with van der Waals surface area (Å²) in [5.41, 5.74) is 1.52. The molecular formula is C16H22N2O3. The summed E-state index contributed by atoms with van der Waals surface area (Å²) in [6, 6.07) is 9.35. The Morgan fingerprint density at radius 2 is 2.05 bits per heavy atom. The minimum Gasteiger partial charge on any atom is -0.491 e. The van der Waals surface area contributed by atoms with Crippen LogP contribution in [0.1, 0.15) is 30.7 Å². The summed E-state index contributed by atoms with van der Waals surface area (Å²) in [7, 11) is 1.63. The lowest BCUT2D eigenvalue weighted by Crippen LogP contribution is -2.12. The van der Waals surface area contributed by atoms with Gasteiger partial charge in [0.15, 0.2) is 0 Å². The number of para-hydroxylation sites is 1. The van der Waals surface area contributed by atoms with E-state index in [0.717, 1.165) is 24.2 Å². The molecule has 114 valence electrons. The SMILES string of the molecule is CCCn1nccc1C(O)c1ccccc1OCCOC. The average molecular weight is 290 g/mol. The van der Waals surface area contributed by atoms with E-state index in [4.69, 9.17) is 9.47 Å². The van der Waals surface area contributed by atoms with E-state index in [1.165, 1.54) is 0 Å². The lowest BCUT2D eigenvalue weighted by molar-refractivity contribution is 0.142. The largest absolute Gasteiger partial charge is 0.491 e. The van der Waals surface area contributed by atoms with Gasteiger partial charge in [0, 0.05) is 25.4 Å². The summed E-state index contributed by atoms with van der Waals surface area (Å²) in [4.78, 5) is 0. The Kier molecular flexibility index (Phi) is 5.78. The standard InChI is InChI=1S/C16H22N2O3/c1-3-10-18-14(8-9-17-18)16(19)13-6-4-5-7-15(13)21-12-11-20-2/h4-9,16,19H,3,10-12H2,1-2H3. The molecule has 1 atom stereocenters. The molecule has 1 N–H and O–H groups in total. The van der Waals surface area contributed by atoms with Gasteiger partial charge >= 0.3 is 0 Å². The molecule has 0 radical (unpaired) electrons. The molecule has 0 amide bonds. The summed E-state index contributed by atoms with van der Waals surface area (Å²) < 4.78 is 12.5. The van der Waals surface area contributed by atoms with Crippen molar-refractivity contribution in [2.75, 3.05) is 20.3 Å². The van der Waals surface area contributed by atoms with Gasteiger partial charge in [0.2, 0.25) is 0 Å². The second-order valence-electron chi connectivity index (χ2n) is 4.76. The number of benzene rings is 1. The third kappa shape index (κ3) is 3.83. The molecule has 1 heterocycles. The van der Waals surface area contributed by atoms with Gasteiger partial charge in [-0.15, -0.1) is 0 Å². The number of rotatable bonds is 8. The second kappa shape index (κ2) is 7.81. The van der Waals surface area contributed by atoms with Gasteiger partial charge in [0.1, 0.15) is 18.5 Å². The summed E-state index contributed by atoms with van der Waals surface area (Å²) in [6.45, 7) is 3.83. The molecule has 1 aromatic carbocycles. The smallest absolute Gasteiger partial charge is 0.125 e. The Morgan fingerprint density at radius 1 is 1.24 bits per heavy atom. The van der Waals surface area contributed by atoms with Crippen molar-refractivity contribution in [3.63, 3.8) is 0 Å². The predicted molar refractivity (Wildman–Crippen MR) is 80.4 cm³/mol. The van der Waals surface area contributed by atoms with E-state index in [0.29, 0.717) is 19.0 Å². The molecule has 0 saturated heterocycles. The van der Waals surface area contributed by atoms with Crippen LogP contribution < -0.4 is 4.74 Å². The van der Waals surface area contributed by atoms with E-state index in [-0.39, 0.29) is 0 Å². The first-order valence-corrected chi connectivity index (χ1v) is 7.18. The van der Waals surface area contributed by atoms with Crippen LogP contribution in [0.2, 0.25) is 0 Å². The zero-order chi connectivity index (χ0) is 15.1. The van der Waals surface area contributed by atoms with E-state index in [2.05, 4.69) is 12.0 Å². The van der Waals surface area contributed by atoms with Crippen LogP contribution in [-0.2, 0) is 11.3 Å². The topological polar surface area (TPSA) is 56.5 Å². The lowest BCUT2D eigenvalue weighted by Gasteiger charge is -2.17. The van der Waals surface area contributed by atoms with Gasteiger partial charge in [-0.3, -0.25) is 4.68 Å². The molecule has 2 aromatic rings. The highest BCUT2D eigenvalue weighted by atomic mass is 16.5. The maximum absolute atomic E-state index is 10.7. The fraction of sp³-hybridized carbons (Fsp3) is 0.438. The van der Waals surface area contributed by atoms with Gasteiger partial charge < -0.3 is 14.6 Å². The molecule has 0 aliphatic rings. The highest BCUT2D eigenvalue weighted by Gasteiger charge is 2.18. The maximum atomic E-state index is 10.7. The Bertz CT molecular complexity index is 554. The van der Waals surface area contributed by atoms with E-state index in [1.807, 2.05) is 35.0 Å². The third-order valence-electron chi connectivity index (χ3n) is 3.22. The minimum absolute atomic E-state index is 0.453. The van der Waals surface area contributed by atoms with Gasteiger partial charge in [-0.05, 0) is 18.6 Å². The van der Waals surface area contributed by atoms with Crippen molar-refractivity contribution >= 4 is 0 Å². The van der Waals surface area contributed by atoms with Gasteiger partial charge in [-0.2, -0.15) is 5.10 Å². The first-order chi connectivity index (χ1) is 10.3. The van der Waals surface area contributed by atoms with Crippen LogP contribution in [0.4, 0.5) is 0 Å². The number of aliphatic hydroxyl groups excluding tert-OH is 1. The van der Waals surface area contributed by atoms with Crippen molar-refractivity contribution in [1.29, 1.82) is 0 Å². The van der Waals surface area contributed by atoms with Crippen LogP contribution in [0.3, 0.4) is 0 Å². The van der Waals surface area contributed by atoms with Crippen molar-refractivity contribution in [2.45, 2.75) is 26.0 Å².